The van der Waals surface area contributed by atoms with Gasteiger partial charge in [0.2, 0.25) is 5.91 Å². The highest BCUT2D eigenvalue weighted by atomic mass is 16.4. The zero-order chi connectivity index (χ0) is 15.8. The van der Waals surface area contributed by atoms with Crippen molar-refractivity contribution in [2.75, 3.05) is 13.6 Å². The summed E-state index contributed by atoms with van der Waals surface area (Å²) < 4.78 is 0. The Labute approximate surface area is 125 Å². The Balaban J connectivity index is 2.19. The van der Waals surface area contributed by atoms with E-state index in [1.165, 1.54) is 0 Å². The molecule has 0 spiro atoms. The fraction of sp³-hybridized carbons (Fsp3) is 0.529. The molecule has 1 aliphatic rings. The lowest BCUT2D eigenvalue weighted by Crippen LogP contribution is -2.40. The van der Waals surface area contributed by atoms with Gasteiger partial charge < -0.3 is 10.0 Å². The number of carbonyl (C=O) groups is 2. The molecule has 0 heterocycles. The third-order valence-electron chi connectivity index (χ3n) is 4.25. The van der Waals surface area contributed by atoms with Gasteiger partial charge in [0.15, 0.2) is 0 Å². The van der Waals surface area contributed by atoms with E-state index >= 15 is 0 Å². The number of amides is 1. The quantitative estimate of drug-likeness (QED) is 0.906. The van der Waals surface area contributed by atoms with Gasteiger partial charge in [-0.1, -0.05) is 36.2 Å². The summed E-state index contributed by atoms with van der Waals surface area (Å²) in [6.07, 6.45) is 1.70. The van der Waals surface area contributed by atoms with Gasteiger partial charge in [0.05, 0.1) is 11.3 Å². The van der Waals surface area contributed by atoms with Crippen LogP contribution in [0.3, 0.4) is 0 Å². The Morgan fingerprint density at radius 3 is 2.19 bits per heavy atom. The van der Waals surface area contributed by atoms with Crippen LogP contribution < -0.4 is 0 Å². The first kappa shape index (κ1) is 15.5. The van der Waals surface area contributed by atoms with Crippen molar-refractivity contribution < 1.29 is 14.7 Å². The summed E-state index contributed by atoms with van der Waals surface area (Å²) in [6, 6.07) is 6.25. The van der Waals surface area contributed by atoms with Crippen molar-refractivity contribution in [2.24, 2.45) is 5.92 Å². The largest absolute Gasteiger partial charge is 0.481 e. The maximum absolute atomic E-state index is 12.7. The third kappa shape index (κ3) is 3.09. The molecule has 0 radical (unpaired) electrons. The van der Waals surface area contributed by atoms with Crippen molar-refractivity contribution in [3.63, 3.8) is 0 Å². The Hall–Kier alpha value is -1.84. The third-order valence-corrected chi connectivity index (χ3v) is 4.25. The molecule has 1 aromatic carbocycles. The van der Waals surface area contributed by atoms with Crippen molar-refractivity contribution >= 4 is 11.9 Å². The summed E-state index contributed by atoms with van der Waals surface area (Å²) in [4.78, 5) is 25.3. The van der Waals surface area contributed by atoms with Crippen LogP contribution in [0.2, 0.25) is 0 Å². The number of carbonyl (C=O) groups excluding carboxylic acids is 1. The lowest BCUT2D eigenvalue weighted by Gasteiger charge is -2.25. The predicted octanol–water partition coefficient (Wildman–Crippen LogP) is 2.51. The molecule has 1 aliphatic carbocycles. The van der Waals surface area contributed by atoms with E-state index in [2.05, 4.69) is 18.2 Å². The van der Waals surface area contributed by atoms with Crippen LogP contribution in [0.5, 0.6) is 0 Å². The van der Waals surface area contributed by atoms with E-state index in [1.807, 2.05) is 13.8 Å². The Bertz CT molecular complexity index is 555. The number of carboxylic acids is 1. The highest BCUT2D eigenvalue weighted by molar-refractivity contribution is 5.91. The number of hydrogen-bond acceptors (Lipinski definition) is 2. The van der Waals surface area contributed by atoms with E-state index in [1.54, 1.807) is 18.9 Å². The van der Waals surface area contributed by atoms with Gasteiger partial charge in [-0.05, 0) is 32.3 Å². The first-order valence-electron chi connectivity index (χ1n) is 7.33. The van der Waals surface area contributed by atoms with Gasteiger partial charge in [0, 0.05) is 13.6 Å². The molecular weight excluding hydrogens is 266 g/mol. The van der Waals surface area contributed by atoms with Crippen molar-refractivity contribution in [3.8, 4) is 0 Å². The summed E-state index contributed by atoms with van der Waals surface area (Å²) in [7, 11) is 1.70. The lowest BCUT2D eigenvalue weighted by molar-refractivity contribution is -0.143. The molecule has 4 nitrogen and oxygen atoms in total. The van der Waals surface area contributed by atoms with Crippen LogP contribution in [0.15, 0.2) is 18.2 Å². The molecule has 0 saturated heterocycles. The maximum atomic E-state index is 12.7. The van der Waals surface area contributed by atoms with Crippen molar-refractivity contribution in [3.05, 3.63) is 34.9 Å². The van der Waals surface area contributed by atoms with Crippen LogP contribution in [0.1, 0.15) is 36.5 Å². The number of hydrogen-bond donors (Lipinski definition) is 1. The molecule has 1 unspecified atom stereocenters. The minimum Gasteiger partial charge on any atom is -0.481 e. The second-order valence-corrected chi connectivity index (χ2v) is 6.38. The molecule has 0 aliphatic heterocycles. The highest BCUT2D eigenvalue weighted by Crippen LogP contribution is 2.50. The number of benzene rings is 1. The van der Waals surface area contributed by atoms with E-state index < -0.39 is 17.3 Å². The standard InChI is InChI=1S/C17H23NO3/c1-11-7-12(2)9-14(8-11)17(5-6-17)16(21)18(4)10-13(3)15(19)20/h7-9,13H,5-6,10H2,1-4H3,(H,19,20). The van der Waals surface area contributed by atoms with Crippen LogP contribution in [0, 0.1) is 19.8 Å². The van der Waals surface area contributed by atoms with Crippen molar-refractivity contribution in [1.29, 1.82) is 0 Å². The first-order valence-corrected chi connectivity index (χ1v) is 7.33. The molecule has 0 aromatic heterocycles. The van der Waals surface area contributed by atoms with Crippen LogP contribution >= 0.6 is 0 Å². The van der Waals surface area contributed by atoms with Gasteiger partial charge in [-0.25, -0.2) is 0 Å². The summed E-state index contributed by atoms with van der Waals surface area (Å²) in [5.41, 5.74) is 2.96. The Morgan fingerprint density at radius 1 is 1.24 bits per heavy atom. The normalized spacial score (nSPS) is 17.1. The zero-order valence-electron chi connectivity index (χ0n) is 13.1. The van der Waals surface area contributed by atoms with Crippen LogP contribution in [0.25, 0.3) is 0 Å². The molecule has 1 N–H and O–H groups in total. The molecule has 1 aromatic rings. The highest BCUT2D eigenvalue weighted by Gasteiger charge is 2.52. The maximum Gasteiger partial charge on any atom is 0.308 e. The van der Waals surface area contributed by atoms with E-state index in [0.29, 0.717) is 0 Å². The minimum atomic E-state index is -0.870. The number of likely N-dealkylation sites (N-methyl/N-ethyl adjacent to an activating group) is 1. The fourth-order valence-corrected chi connectivity index (χ4v) is 2.94. The smallest absolute Gasteiger partial charge is 0.308 e. The van der Waals surface area contributed by atoms with Gasteiger partial charge in [0.1, 0.15) is 0 Å². The number of aryl methyl sites for hydroxylation is 2. The Morgan fingerprint density at radius 2 is 1.76 bits per heavy atom. The first-order chi connectivity index (χ1) is 9.76. The molecular formula is C17H23NO3. The van der Waals surface area contributed by atoms with Gasteiger partial charge in [-0.2, -0.15) is 0 Å². The number of nitrogens with zero attached hydrogens (tertiary/aromatic N) is 1. The summed E-state index contributed by atoms with van der Waals surface area (Å²) in [5, 5.41) is 8.98. The monoisotopic (exact) mass is 289 g/mol. The Kier molecular flexibility index (Phi) is 4.08. The van der Waals surface area contributed by atoms with E-state index in [0.717, 1.165) is 29.5 Å². The van der Waals surface area contributed by atoms with Gasteiger partial charge in [0.25, 0.3) is 0 Å². The second-order valence-electron chi connectivity index (χ2n) is 6.38. The van der Waals surface area contributed by atoms with Gasteiger partial charge in [-0.3, -0.25) is 9.59 Å². The summed E-state index contributed by atoms with van der Waals surface area (Å²) in [5.74, 6) is -1.37. The fourth-order valence-electron chi connectivity index (χ4n) is 2.94. The summed E-state index contributed by atoms with van der Waals surface area (Å²) >= 11 is 0. The molecule has 114 valence electrons. The molecule has 1 saturated carbocycles. The predicted molar refractivity (Wildman–Crippen MR) is 81.3 cm³/mol. The molecule has 1 amide bonds. The van der Waals surface area contributed by atoms with Gasteiger partial charge in [-0.15, -0.1) is 0 Å². The molecule has 4 heteroatoms. The van der Waals surface area contributed by atoms with E-state index in [-0.39, 0.29) is 12.5 Å². The molecule has 2 rings (SSSR count). The van der Waals surface area contributed by atoms with Crippen LogP contribution in [0.4, 0.5) is 0 Å². The lowest BCUT2D eigenvalue weighted by atomic mass is 9.91. The van der Waals surface area contributed by atoms with Crippen LogP contribution in [-0.2, 0) is 15.0 Å². The number of aliphatic carboxylic acids is 1. The number of carboxylic acid groups (broad SMARTS) is 1. The van der Waals surface area contributed by atoms with Crippen LogP contribution in [-0.4, -0.2) is 35.5 Å². The molecule has 1 fully saturated rings. The van der Waals surface area contributed by atoms with Crippen molar-refractivity contribution in [2.45, 2.75) is 39.0 Å². The molecule has 0 bridgehead atoms. The summed E-state index contributed by atoms with van der Waals surface area (Å²) in [6.45, 7) is 5.95. The topological polar surface area (TPSA) is 57.6 Å². The number of rotatable bonds is 5. The minimum absolute atomic E-state index is 0.0422. The van der Waals surface area contributed by atoms with E-state index in [4.69, 9.17) is 5.11 Å². The van der Waals surface area contributed by atoms with Gasteiger partial charge >= 0.3 is 5.97 Å². The van der Waals surface area contributed by atoms with Crippen molar-refractivity contribution in [1.82, 2.24) is 4.90 Å². The molecule has 21 heavy (non-hydrogen) atoms. The average Bonchev–Trinajstić information content (AvgIpc) is 3.17. The second kappa shape index (κ2) is 5.51. The molecule has 1 atom stereocenters. The average molecular weight is 289 g/mol. The SMILES string of the molecule is Cc1cc(C)cc(C2(C(=O)N(C)CC(C)C(=O)O)CC2)c1. The van der Waals surface area contributed by atoms with E-state index in [9.17, 15) is 9.59 Å². The zero-order valence-corrected chi connectivity index (χ0v) is 13.1.